The van der Waals surface area contributed by atoms with Gasteiger partial charge in [0, 0.05) is 36.8 Å². The third kappa shape index (κ3) is 3.21. The van der Waals surface area contributed by atoms with E-state index in [1.807, 2.05) is 26.0 Å². The summed E-state index contributed by atoms with van der Waals surface area (Å²) in [5.74, 6) is 1.20. The van der Waals surface area contributed by atoms with Crippen LogP contribution in [0.5, 0.6) is 5.75 Å². The second-order valence-corrected chi connectivity index (χ2v) is 10.5. The summed E-state index contributed by atoms with van der Waals surface area (Å²) in [5.41, 5.74) is 0.616. The summed E-state index contributed by atoms with van der Waals surface area (Å²) in [6.45, 7) is 5.57. The second-order valence-electron chi connectivity index (χ2n) is 10.5. The summed E-state index contributed by atoms with van der Waals surface area (Å²) in [4.78, 5) is 28.2. The van der Waals surface area contributed by atoms with Gasteiger partial charge in [0.25, 0.3) is 0 Å². The van der Waals surface area contributed by atoms with Crippen molar-refractivity contribution in [3.8, 4) is 5.75 Å². The Bertz CT molecular complexity index is 911. The van der Waals surface area contributed by atoms with E-state index in [1.54, 1.807) is 7.11 Å². The average Bonchev–Trinajstić information content (AvgIpc) is 3.55. The molecule has 1 aliphatic heterocycles. The van der Waals surface area contributed by atoms with Crippen molar-refractivity contribution in [3.05, 3.63) is 29.3 Å². The first-order valence-corrected chi connectivity index (χ1v) is 11.7. The van der Waals surface area contributed by atoms with E-state index < -0.39 is 17.1 Å². The highest BCUT2D eigenvalue weighted by Gasteiger charge is 2.66. The number of nitrogens with zero attached hydrogens (tertiary/aromatic N) is 1. The Hall–Kier alpha value is -1.92. The van der Waals surface area contributed by atoms with Gasteiger partial charge in [0.05, 0.1) is 18.8 Å². The zero-order valence-corrected chi connectivity index (χ0v) is 18.8. The van der Waals surface area contributed by atoms with E-state index in [9.17, 15) is 14.7 Å². The molecule has 5 rings (SSSR count). The monoisotopic (exact) mass is 426 g/mol. The van der Waals surface area contributed by atoms with E-state index in [0.717, 1.165) is 43.2 Å². The number of hydrogen-bond donors (Lipinski definition) is 2. The number of Topliss-reactive ketones (excluding diaryl/α,β-unsaturated/α-hetero) is 1. The fourth-order valence-electron chi connectivity index (χ4n) is 6.34. The van der Waals surface area contributed by atoms with Gasteiger partial charge in [0.2, 0.25) is 5.91 Å². The first-order valence-electron chi connectivity index (χ1n) is 11.7. The lowest BCUT2D eigenvalue weighted by Gasteiger charge is -2.64. The number of carbonyl (C=O) groups is 2. The molecule has 2 N–H and O–H groups in total. The summed E-state index contributed by atoms with van der Waals surface area (Å²) in [6, 6.07) is 5.47. The predicted molar refractivity (Wildman–Crippen MR) is 117 cm³/mol. The number of piperidine rings is 1. The Balaban J connectivity index is 1.57. The number of likely N-dealkylation sites (tertiary alicyclic amines) is 1. The highest BCUT2D eigenvalue weighted by atomic mass is 16.5. The number of hydrogen-bond acceptors (Lipinski definition) is 5. The molecule has 4 atom stereocenters. The maximum absolute atomic E-state index is 13.3. The van der Waals surface area contributed by atoms with Gasteiger partial charge in [-0.1, -0.05) is 19.9 Å². The Morgan fingerprint density at radius 2 is 2.13 bits per heavy atom. The molecule has 2 saturated carbocycles. The number of rotatable bonds is 5. The SMILES string of the molecule is COc1ccc2c(c1)[C@]13CCN(CC4CC4)[C@H](C2)[C@]1(O)C[C@H](NC(=O)C(C)C)C(=O)C3. The van der Waals surface area contributed by atoms with E-state index in [0.29, 0.717) is 0 Å². The van der Waals surface area contributed by atoms with Crippen molar-refractivity contribution in [3.63, 3.8) is 0 Å². The number of methoxy groups -OCH3 is 1. The average molecular weight is 427 g/mol. The number of nitrogens with one attached hydrogen (secondary N) is 1. The molecule has 1 saturated heterocycles. The van der Waals surface area contributed by atoms with Gasteiger partial charge in [-0.25, -0.2) is 0 Å². The summed E-state index contributed by atoms with van der Waals surface area (Å²) in [5, 5.41) is 15.4. The van der Waals surface area contributed by atoms with Crippen LogP contribution in [0.15, 0.2) is 18.2 Å². The van der Waals surface area contributed by atoms with Crippen LogP contribution in [-0.4, -0.2) is 59.6 Å². The van der Waals surface area contributed by atoms with Crippen LogP contribution in [0.1, 0.15) is 57.1 Å². The number of fused-ring (bicyclic) bond motifs is 1. The Morgan fingerprint density at radius 3 is 2.81 bits per heavy atom. The smallest absolute Gasteiger partial charge is 0.223 e. The van der Waals surface area contributed by atoms with Gasteiger partial charge < -0.3 is 15.2 Å². The molecule has 3 fully saturated rings. The van der Waals surface area contributed by atoms with Crippen molar-refractivity contribution in [2.45, 2.75) is 75.5 Å². The quantitative estimate of drug-likeness (QED) is 0.755. The van der Waals surface area contributed by atoms with Crippen molar-refractivity contribution in [2.24, 2.45) is 11.8 Å². The summed E-state index contributed by atoms with van der Waals surface area (Å²) in [6.07, 6.45) is 4.61. The lowest BCUT2D eigenvalue weighted by molar-refractivity contribution is -0.178. The van der Waals surface area contributed by atoms with Crippen LogP contribution in [0.4, 0.5) is 0 Å². The molecule has 1 aromatic carbocycles. The minimum absolute atomic E-state index is 0.0312. The zero-order chi connectivity index (χ0) is 22.0. The van der Waals surface area contributed by atoms with Gasteiger partial charge in [-0.05, 0) is 61.4 Å². The van der Waals surface area contributed by atoms with E-state index in [1.165, 1.54) is 18.4 Å². The highest BCUT2D eigenvalue weighted by Crippen LogP contribution is 2.58. The fourth-order valence-corrected chi connectivity index (χ4v) is 6.34. The number of carbonyl (C=O) groups excluding carboxylic acids is 2. The molecule has 31 heavy (non-hydrogen) atoms. The molecule has 3 aliphatic carbocycles. The largest absolute Gasteiger partial charge is 0.497 e. The van der Waals surface area contributed by atoms with Crippen LogP contribution in [0.3, 0.4) is 0 Å². The van der Waals surface area contributed by atoms with Crippen LogP contribution >= 0.6 is 0 Å². The Labute approximate surface area is 184 Å². The van der Waals surface area contributed by atoms with Crippen LogP contribution in [0, 0.1) is 11.8 Å². The second kappa shape index (κ2) is 7.31. The molecule has 0 radical (unpaired) electrons. The predicted octanol–water partition coefficient (Wildman–Crippen LogP) is 2.21. The molecule has 1 amide bonds. The zero-order valence-electron chi connectivity index (χ0n) is 18.8. The number of ketones is 1. The van der Waals surface area contributed by atoms with Gasteiger partial charge in [0.15, 0.2) is 5.78 Å². The van der Waals surface area contributed by atoms with Crippen molar-refractivity contribution in [1.29, 1.82) is 0 Å². The van der Waals surface area contributed by atoms with Crippen LogP contribution < -0.4 is 10.1 Å². The van der Waals surface area contributed by atoms with E-state index in [-0.39, 0.29) is 36.5 Å². The van der Waals surface area contributed by atoms with Crippen molar-refractivity contribution in [1.82, 2.24) is 10.2 Å². The molecule has 2 bridgehead atoms. The maximum Gasteiger partial charge on any atom is 0.223 e. The Morgan fingerprint density at radius 1 is 1.35 bits per heavy atom. The van der Waals surface area contributed by atoms with Gasteiger partial charge in [-0.3, -0.25) is 14.5 Å². The van der Waals surface area contributed by atoms with Gasteiger partial charge in [-0.2, -0.15) is 0 Å². The standard InChI is InChI=1S/C25H34N2O4/c1-15(2)23(29)26-20-12-25(30)22-10-17-6-7-18(31-3)11-19(17)24(25,13-21(20)28)8-9-27(22)14-16-4-5-16/h6-7,11,15-16,20,22,30H,4-5,8-10,12-14H2,1-3H3,(H,26,29)/t20-,22+,24+,25+/m0/s1. The van der Waals surface area contributed by atoms with Gasteiger partial charge in [-0.15, -0.1) is 0 Å². The number of amides is 1. The van der Waals surface area contributed by atoms with Crippen LogP contribution in [0.25, 0.3) is 0 Å². The number of benzene rings is 1. The molecule has 168 valence electrons. The van der Waals surface area contributed by atoms with Crippen LogP contribution in [-0.2, 0) is 21.4 Å². The topological polar surface area (TPSA) is 78.9 Å². The summed E-state index contributed by atoms with van der Waals surface area (Å²) >= 11 is 0. The third-order valence-electron chi connectivity index (χ3n) is 8.30. The van der Waals surface area contributed by atoms with Gasteiger partial charge in [0.1, 0.15) is 5.75 Å². The van der Waals surface area contributed by atoms with E-state index in [2.05, 4.69) is 16.3 Å². The minimum atomic E-state index is -1.05. The first-order chi connectivity index (χ1) is 14.8. The Kier molecular flexibility index (Phi) is 4.94. The summed E-state index contributed by atoms with van der Waals surface area (Å²) < 4.78 is 5.50. The molecular formula is C25H34N2O4. The lowest BCUT2D eigenvalue weighted by Crippen LogP contribution is -2.76. The molecule has 1 aromatic rings. The molecule has 6 heteroatoms. The van der Waals surface area contributed by atoms with E-state index in [4.69, 9.17) is 4.74 Å². The van der Waals surface area contributed by atoms with Crippen molar-refractivity contribution in [2.75, 3.05) is 20.2 Å². The highest BCUT2D eigenvalue weighted by molar-refractivity contribution is 5.92. The van der Waals surface area contributed by atoms with Gasteiger partial charge >= 0.3 is 0 Å². The van der Waals surface area contributed by atoms with Crippen LogP contribution in [0.2, 0.25) is 0 Å². The summed E-state index contributed by atoms with van der Waals surface area (Å²) in [7, 11) is 1.65. The molecule has 4 aliphatic rings. The molecule has 0 spiro atoms. The van der Waals surface area contributed by atoms with E-state index >= 15 is 0 Å². The first kappa shape index (κ1) is 21.0. The normalized spacial score (nSPS) is 34.8. The molecular weight excluding hydrogens is 392 g/mol. The molecule has 0 aromatic heterocycles. The number of ether oxygens (including phenoxy) is 1. The fraction of sp³-hybridized carbons (Fsp3) is 0.680. The molecule has 1 heterocycles. The molecule has 6 nitrogen and oxygen atoms in total. The molecule has 0 unspecified atom stereocenters. The maximum atomic E-state index is 13.3. The third-order valence-corrected chi connectivity index (χ3v) is 8.30. The number of aliphatic hydroxyl groups is 1. The minimum Gasteiger partial charge on any atom is -0.497 e. The van der Waals surface area contributed by atoms with Crippen molar-refractivity contribution >= 4 is 11.7 Å². The lowest BCUT2D eigenvalue weighted by atomic mass is 9.48. The van der Waals surface area contributed by atoms with Crippen molar-refractivity contribution < 1.29 is 19.4 Å².